The summed E-state index contributed by atoms with van der Waals surface area (Å²) < 4.78 is 22.2. The number of rotatable bonds is 6. The summed E-state index contributed by atoms with van der Waals surface area (Å²) in [5.74, 6) is 0.753. The summed E-state index contributed by atoms with van der Waals surface area (Å²) in [6.45, 7) is 1.99. The lowest BCUT2D eigenvalue weighted by molar-refractivity contribution is -0.139. The average Bonchev–Trinajstić information content (AvgIpc) is 3.18. The summed E-state index contributed by atoms with van der Waals surface area (Å²) in [6, 6.07) is 12.3. The van der Waals surface area contributed by atoms with Crippen molar-refractivity contribution in [2.45, 2.75) is 39.0 Å². The van der Waals surface area contributed by atoms with Crippen LogP contribution in [0.3, 0.4) is 0 Å². The van der Waals surface area contributed by atoms with E-state index in [0.29, 0.717) is 33.8 Å². The highest BCUT2D eigenvalue weighted by Crippen LogP contribution is 2.37. The van der Waals surface area contributed by atoms with Crippen molar-refractivity contribution in [3.63, 3.8) is 0 Å². The van der Waals surface area contributed by atoms with Crippen LogP contribution >= 0.6 is 0 Å². The summed E-state index contributed by atoms with van der Waals surface area (Å²) in [5.41, 5.74) is 1.56. The molecular formula is C25H26O6. The van der Waals surface area contributed by atoms with Crippen molar-refractivity contribution in [3.05, 3.63) is 48.0 Å². The van der Waals surface area contributed by atoms with Gasteiger partial charge in [0.05, 0.1) is 19.6 Å². The Morgan fingerprint density at radius 1 is 1.00 bits per heavy atom. The lowest BCUT2D eigenvalue weighted by Gasteiger charge is -2.19. The molecule has 1 saturated carbocycles. The number of methoxy groups -OCH3 is 1. The quantitative estimate of drug-likeness (QED) is 0.371. The predicted molar refractivity (Wildman–Crippen MR) is 116 cm³/mol. The van der Waals surface area contributed by atoms with E-state index in [1.165, 1.54) is 6.42 Å². The van der Waals surface area contributed by atoms with Crippen LogP contribution in [0.4, 0.5) is 0 Å². The molecular weight excluding hydrogens is 396 g/mol. The molecule has 0 N–H and O–H groups in total. The molecule has 162 valence electrons. The van der Waals surface area contributed by atoms with Gasteiger partial charge in [-0.3, -0.25) is 4.79 Å². The molecule has 0 radical (unpaired) electrons. The fourth-order valence-electron chi connectivity index (χ4n) is 4.03. The van der Waals surface area contributed by atoms with Crippen molar-refractivity contribution < 1.29 is 28.2 Å². The summed E-state index contributed by atoms with van der Waals surface area (Å²) >= 11 is 0. The fourth-order valence-corrected chi connectivity index (χ4v) is 4.03. The molecule has 6 heteroatoms. The van der Waals surface area contributed by atoms with E-state index in [4.69, 9.17) is 18.6 Å². The lowest BCUT2D eigenvalue weighted by atomic mass is 9.89. The van der Waals surface area contributed by atoms with Gasteiger partial charge in [-0.25, -0.2) is 4.79 Å². The molecule has 2 aromatic carbocycles. The van der Waals surface area contributed by atoms with Crippen molar-refractivity contribution in [2.24, 2.45) is 5.92 Å². The highest BCUT2D eigenvalue weighted by molar-refractivity contribution is 6.09. The maximum atomic E-state index is 12.8. The number of hydrogen-bond acceptors (Lipinski definition) is 6. The topological polar surface area (TPSA) is 75.0 Å². The van der Waals surface area contributed by atoms with Crippen molar-refractivity contribution in [3.8, 4) is 22.8 Å². The number of hydrogen-bond donors (Lipinski definition) is 0. The molecule has 1 aliphatic rings. The predicted octanol–water partition coefficient (Wildman–Crippen LogP) is 5.77. The van der Waals surface area contributed by atoms with E-state index < -0.39 is 5.97 Å². The SMILES string of the molecule is CCOC(=O)c1c(-c2ccc(OC)cc2)oc2ccc(OC(=O)C3CCCCC3)cc12. The second-order valence-corrected chi connectivity index (χ2v) is 7.67. The van der Waals surface area contributed by atoms with Gasteiger partial charge in [0.15, 0.2) is 0 Å². The second kappa shape index (κ2) is 9.25. The Kier molecular flexibility index (Phi) is 6.26. The van der Waals surface area contributed by atoms with Gasteiger partial charge in [0.25, 0.3) is 0 Å². The van der Waals surface area contributed by atoms with Crippen LogP contribution in [0.25, 0.3) is 22.3 Å². The zero-order chi connectivity index (χ0) is 21.8. The van der Waals surface area contributed by atoms with Gasteiger partial charge in [0, 0.05) is 10.9 Å². The lowest BCUT2D eigenvalue weighted by Crippen LogP contribution is -2.22. The van der Waals surface area contributed by atoms with Crippen LogP contribution in [-0.2, 0) is 9.53 Å². The van der Waals surface area contributed by atoms with Crippen molar-refractivity contribution in [1.29, 1.82) is 0 Å². The maximum absolute atomic E-state index is 12.8. The Morgan fingerprint density at radius 2 is 1.71 bits per heavy atom. The van der Waals surface area contributed by atoms with E-state index in [1.807, 2.05) is 12.1 Å². The molecule has 4 rings (SSSR count). The Balaban J connectivity index is 1.71. The monoisotopic (exact) mass is 422 g/mol. The van der Waals surface area contributed by atoms with E-state index in [-0.39, 0.29) is 18.5 Å². The van der Waals surface area contributed by atoms with E-state index in [1.54, 1.807) is 44.4 Å². The molecule has 6 nitrogen and oxygen atoms in total. The summed E-state index contributed by atoms with van der Waals surface area (Å²) in [4.78, 5) is 25.4. The van der Waals surface area contributed by atoms with Crippen LogP contribution in [0.2, 0.25) is 0 Å². The summed E-state index contributed by atoms with van der Waals surface area (Å²) in [7, 11) is 1.59. The molecule has 3 aromatic rings. The van der Waals surface area contributed by atoms with Crippen LogP contribution < -0.4 is 9.47 Å². The zero-order valence-electron chi connectivity index (χ0n) is 17.8. The molecule has 0 bridgehead atoms. The number of furan rings is 1. The van der Waals surface area contributed by atoms with Crippen LogP contribution in [-0.4, -0.2) is 25.7 Å². The van der Waals surface area contributed by atoms with E-state index in [2.05, 4.69) is 0 Å². The molecule has 0 spiro atoms. The third-order valence-corrected chi connectivity index (χ3v) is 5.65. The Hall–Kier alpha value is -3.28. The molecule has 1 heterocycles. The van der Waals surface area contributed by atoms with Gasteiger partial charge < -0.3 is 18.6 Å². The third kappa shape index (κ3) is 4.43. The van der Waals surface area contributed by atoms with Gasteiger partial charge in [0.2, 0.25) is 0 Å². The van der Waals surface area contributed by atoms with Gasteiger partial charge in [-0.05, 0) is 62.2 Å². The van der Waals surface area contributed by atoms with Crippen LogP contribution in [0, 0.1) is 5.92 Å². The standard InChI is InChI=1S/C25H26O6/c1-3-29-25(27)22-20-15-19(30-24(26)17-7-5-4-6-8-17)13-14-21(20)31-23(22)16-9-11-18(28-2)12-10-16/h9-15,17H,3-8H2,1-2H3. The maximum Gasteiger partial charge on any atom is 0.342 e. The number of carbonyl (C=O) groups is 2. The summed E-state index contributed by atoms with van der Waals surface area (Å²) in [6.07, 6.45) is 5.00. The first kappa shape index (κ1) is 21.0. The van der Waals surface area contributed by atoms with E-state index >= 15 is 0 Å². The Labute approximate surface area is 181 Å². The van der Waals surface area contributed by atoms with E-state index in [9.17, 15) is 9.59 Å². The second-order valence-electron chi connectivity index (χ2n) is 7.67. The van der Waals surface area contributed by atoms with Crippen LogP contribution in [0.5, 0.6) is 11.5 Å². The first-order valence-electron chi connectivity index (χ1n) is 10.7. The molecule has 1 aromatic heterocycles. The molecule has 1 fully saturated rings. The minimum atomic E-state index is -0.483. The first-order chi connectivity index (χ1) is 15.1. The number of carbonyl (C=O) groups excluding carboxylic acids is 2. The molecule has 0 saturated heterocycles. The van der Waals surface area contributed by atoms with Gasteiger partial charge in [-0.15, -0.1) is 0 Å². The number of benzene rings is 2. The van der Waals surface area contributed by atoms with Crippen LogP contribution in [0.1, 0.15) is 49.4 Å². The first-order valence-corrected chi connectivity index (χ1v) is 10.7. The molecule has 31 heavy (non-hydrogen) atoms. The minimum absolute atomic E-state index is 0.0619. The zero-order valence-corrected chi connectivity index (χ0v) is 17.8. The van der Waals surface area contributed by atoms with Crippen LogP contribution in [0.15, 0.2) is 46.9 Å². The average molecular weight is 422 g/mol. The Morgan fingerprint density at radius 3 is 2.39 bits per heavy atom. The number of ether oxygens (including phenoxy) is 3. The molecule has 0 amide bonds. The van der Waals surface area contributed by atoms with Crippen molar-refractivity contribution in [2.75, 3.05) is 13.7 Å². The molecule has 0 unspecified atom stereocenters. The van der Waals surface area contributed by atoms with Gasteiger partial charge in [-0.1, -0.05) is 19.3 Å². The minimum Gasteiger partial charge on any atom is -0.497 e. The molecule has 0 aliphatic heterocycles. The highest BCUT2D eigenvalue weighted by Gasteiger charge is 2.26. The summed E-state index contributed by atoms with van der Waals surface area (Å²) in [5, 5.41) is 0.554. The van der Waals surface area contributed by atoms with Crippen molar-refractivity contribution >= 4 is 22.9 Å². The van der Waals surface area contributed by atoms with Crippen molar-refractivity contribution in [1.82, 2.24) is 0 Å². The molecule has 0 atom stereocenters. The van der Waals surface area contributed by atoms with Gasteiger partial charge in [-0.2, -0.15) is 0 Å². The van der Waals surface area contributed by atoms with E-state index in [0.717, 1.165) is 31.2 Å². The molecule has 1 aliphatic carbocycles. The fraction of sp³-hybridized carbons (Fsp3) is 0.360. The van der Waals surface area contributed by atoms with Gasteiger partial charge >= 0.3 is 11.9 Å². The largest absolute Gasteiger partial charge is 0.497 e. The highest BCUT2D eigenvalue weighted by atomic mass is 16.5. The number of esters is 2. The Bertz CT molecular complexity index is 1070. The third-order valence-electron chi connectivity index (χ3n) is 5.65. The van der Waals surface area contributed by atoms with Gasteiger partial charge in [0.1, 0.15) is 28.4 Å². The normalized spacial score (nSPS) is 14.4. The smallest absolute Gasteiger partial charge is 0.342 e. The number of fused-ring (bicyclic) bond motifs is 1.